The van der Waals surface area contributed by atoms with Crippen LogP contribution < -0.4 is 0 Å². The summed E-state index contributed by atoms with van der Waals surface area (Å²) in [4.78, 5) is 0. The van der Waals surface area contributed by atoms with Crippen LogP contribution in [0.2, 0.25) is 0 Å². The number of fused-ring (bicyclic) bond motifs is 7. The molecule has 0 amide bonds. The van der Waals surface area contributed by atoms with E-state index in [1.807, 2.05) is 6.92 Å². The zero-order chi connectivity index (χ0) is 48.3. The summed E-state index contributed by atoms with van der Waals surface area (Å²) in [5, 5.41) is 141. The van der Waals surface area contributed by atoms with Gasteiger partial charge in [-0.3, -0.25) is 0 Å². The molecule has 0 bridgehead atoms. The molecule has 19 heteroatoms. The highest BCUT2D eigenvalue weighted by Gasteiger charge is 2.71. The molecule has 19 nitrogen and oxygen atoms in total. The lowest BCUT2D eigenvalue weighted by Crippen LogP contribution is -2.68. The van der Waals surface area contributed by atoms with Gasteiger partial charge in [-0.05, 0) is 90.8 Å². The Balaban J connectivity index is 0.948. The summed E-state index contributed by atoms with van der Waals surface area (Å²) in [6.45, 7) is 11.4. The smallest absolute Gasteiger partial charge is 0.186 e. The summed E-state index contributed by atoms with van der Waals surface area (Å²) in [5.41, 5.74) is -1.70. The largest absolute Gasteiger partial charge is 0.396 e. The number of aliphatic hydroxyl groups excluding tert-OH is 13. The van der Waals surface area contributed by atoms with Gasteiger partial charge in [0.2, 0.25) is 0 Å². The van der Waals surface area contributed by atoms with E-state index in [0.717, 1.165) is 25.7 Å². The molecule has 0 radical (unpaired) electrons. The molecule has 7 fully saturated rings. The number of ether oxygens (including phenoxy) is 6. The maximum Gasteiger partial charge on any atom is 0.186 e. The molecule has 8 aliphatic rings. The van der Waals surface area contributed by atoms with Crippen molar-refractivity contribution >= 4 is 0 Å². The first-order chi connectivity index (χ1) is 30.8. The molecule has 25 atom stereocenters. The third kappa shape index (κ3) is 7.99. The highest BCUT2D eigenvalue weighted by Crippen LogP contribution is 2.75. The summed E-state index contributed by atoms with van der Waals surface area (Å²) >= 11 is 0. The van der Waals surface area contributed by atoms with Crippen molar-refractivity contribution < 1.29 is 94.8 Å². The molecule has 4 saturated carbocycles. The first kappa shape index (κ1) is 51.3. The number of hydrogen-bond acceptors (Lipinski definition) is 19. The number of allylic oxidation sites excluding steroid dienone is 2. The normalized spacial score (nSPS) is 56.0. The minimum absolute atomic E-state index is 0.0530. The zero-order valence-electron chi connectivity index (χ0n) is 39.1. The van der Waals surface area contributed by atoms with Crippen LogP contribution in [-0.2, 0) is 28.4 Å². The second kappa shape index (κ2) is 18.2. The fourth-order valence-corrected chi connectivity index (χ4v) is 14.7. The van der Waals surface area contributed by atoms with Gasteiger partial charge in [0.05, 0.1) is 51.3 Å². The van der Waals surface area contributed by atoms with E-state index in [9.17, 15) is 66.4 Å². The van der Waals surface area contributed by atoms with E-state index < -0.39 is 134 Å². The number of aliphatic hydroxyl groups is 13. The first-order valence-electron chi connectivity index (χ1n) is 24.1. The predicted octanol–water partition coefficient (Wildman–Crippen LogP) is -1.83. The van der Waals surface area contributed by atoms with E-state index in [1.165, 1.54) is 5.57 Å². The van der Waals surface area contributed by atoms with Crippen LogP contribution in [0, 0.1) is 50.2 Å². The minimum Gasteiger partial charge on any atom is -0.396 e. The van der Waals surface area contributed by atoms with Crippen molar-refractivity contribution in [2.45, 2.75) is 197 Å². The van der Waals surface area contributed by atoms with E-state index in [2.05, 4.69) is 40.7 Å². The SMILES string of the molecule is CC1(C)CC2C3=CCC4[C@@]5(C)CC[C@H](O)[C@@](C)(CO[C@@H]6O[C@H](CO[C@@H]7O[C@H](CO[C@@H]8OC[C@@H](O)[C@H](O)[C@H]8O)[C@@H](O)[C@H](O)[C@H]7O)[C@@H](O)[C@H](O)[C@H]6O)C5CC[C@@]4(C)[C@]3(C)C[C@H](O)[C@@]2(CO)C[C@@H]1O. The van der Waals surface area contributed by atoms with E-state index in [4.69, 9.17) is 28.4 Å². The van der Waals surface area contributed by atoms with Crippen molar-refractivity contribution in [1.29, 1.82) is 0 Å². The molecule has 3 saturated heterocycles. The van der Waals surface area contributed by atoms with E-state index in [0.29, 0.717) is 25.7 Å². The van der Waals surface area contributed by atoms with Gasteiger partial charge >= 0.3 is 0 Å². The lowest BCUT2D eigenvalue weighted by Gasteiger charge is -2.72. The minimum atomic E-state index is -1.80. The first-order valence-corrected chi connectivity index (χ1v) is 24.1. The third-order valence-electron chi connectivity index (χ3n) is 19.3. The van der Waals surface area contributed by atoms with Gasteiger partial charge in [0, 0.05) is 10.8 Å². The van der Waals surface area contributed by atoms with Crippen LogP contribution in [-0.4, -0.2) is 204 Å². The molecule has 13 N–H and O–H groups in total. The van der Waals surface area contributed by atoms with Crippen molar-refractivity contribution in [1.82, 2.24) is 0 Å². The second-order valence-corrected chi connectivity index (χ2v) is 23.2. The van der Waals surface area contributed by atoms with E-state index >= 15 is 0 Å². The standard InChI is InChI=1S/C47H78O19/c1-42(2)13-22-21-7-8-27-43(3)11-10-28(50)44(4,26(43)9-12-45(27,5)46(21,6)14-30(52)47(22,19-48)15-29(42)51)20-64-41-38(60)35(57)33(55)25(66-41)18-63-40-37(59)34(56)32(54)24(65-40)17-62-39-36(58)31(53)23(49)16-61-39/h7,22-41,48-60H,8-20H2,1-6H3/t22?,23-,24-,25-,26?,27?,28+,29+,30+,31+,32-,33-,34+,35+,36-,37-,38-,39+,40-,41-,43+,44+,45-,46-,47-/m1/s1. The quantitative estimate of drug-likeness (QED) is 0.107. The average Bonchev–Trinajstić information content (AvgIpc) is 3.26. The fourth-order valence-electron chi connectivity index (χ4n) is 14.7. The monoisotopic (exact) mass is 947 g/mol. The Morgan fingerprint density at radius 1 is 0.591 bits per heavy atom. The fraction of sp³-hybridized carbons (Fsp3) is 0.957. The lowest BCUT2D eigenvalue weighted by atomic mass is 9.33. The average molecular weight is 947 g/mol. The maximum atomic E-state index is 12.1. The molecule has 66 heavy (non-hydrogen) atoms. The Morgan fingerprint density at radius 2 is 1.17 bits per heavy atom. The van der Waals surface area contributed by atoms with Crippen molar-refractivity contribution in [2.24, 2.45) is 50.2 Å². The second-order valence-electron chi connectivity index (χ2n) is 23.2. The van der Waals surface area contributed by atoms with Gasteiger partial charge in [-0.25, -0.2) is 0 Å². The molecular weight excluding hydrogens is 868 g/mol. The topological polar surface area (TPSA) is 318 Å². The van der Waals surface area contributed by atoms with Crippen LogP contribution in [0.5, 0.6) is 0 Å². The molecule has 0 spiro atoms. The van der Waals surface area contributed by atoms with Crippen molar-refractivity contribution in [3.8, 4) is 0 Å². The van der Waals surface area contributed by atoms with Gasteiger partial charge in [0.15, 0.2) is 18.9 Å². The van der Waals surface area contributed by atoms with Crippen molar-refractivity contribution in [3.05, 3.63) is 11.6 Å². The molecule has 0 aromatic rings. The van der Waals surface area contributed by atoms with Crippen LogP contribution in [0.3, 0.4) is 0 Å². The molecule has 5 aliphatic carbocycles. The summed E-state index contributed by atoms with van der Waals surface area (Å²) in [6.07, 6.45) is -17.1. The van der Waals surface area contributed by atoms with E-state index in [1.54, 1.807) is 0 Å². The van der Waals surface area contributed by atoms with Gasteiger partial charge in [0.1, 0.15) is 67.1 Å². The molecular formula is C47H78O19. The van der Waals surface area contributed by atoms with Gasteiger partial charge < -0.3 is 94.8 Å². The van der Waals surface area contributed by atoms with Crippen LogP contribution in [0.25, 0.3) is 0 Å². The Labute approximate surface area is 386 Å². The van der Waals surface area contributed by atoms with Gasteiger partial charge in [-0.1, -0.05) is 53.2 Å². The molecule has 3 aliphatic heterocycles. The van der Waals surface area contributed by atoms with Crippen LogP contribution in [0.4, 0.5) is 0 Å². The van der Waals surface area contributed by atoms with Gasteiger partial charge in [-0.2, -0.15) is 0 Å². The summed E-state index contributed by atoms with van der Waals surface area (Å²) in [5.74, 6) is 0.0210. The van der Waals surface area contributed by atoms with Crippen LogP contribution in [0.15, 0.2) is 11.6 Å². The summed E-state index contributed by atoms with van der Waals surface area (Å²) in [6, 6.07) is 0. The Morgan fingerprint density at radius 3 is 1.77 bits per heavy atom. The third-order valence-corrected chi connectivity index (χ3v) is 19.3. The maximum absolute atomic E-state index is 12.1. The molecule has 3 unspecified atom stereocenters. The highest BCUT2D eigenvalue weighted by molar-refractivity contribution is 5.35. The molecule has 8 rings (SSSR count). The molecule has 380 valence electrons. The van der Waals surface area contributed by atoms with Gasteiger partial charge in [-0.15, -0.1) is 0 Å². The van der Waals surface area contributed by atoms with Gasteiger partial charge in [0.25, 0.3) is 0 Å². The molecule has 0 aromatic heterocycles. The van der Waals surface area contributed by atoms with Crippen molar-refractivity contribution in [3.63, 3.8) is 0 Å². The van der Waals surface area contributed by atoms with E-state index in [-0.39, 0.29) is 53.8 Å². The lowest BCUT2D eigenvalue weighted by molar-refractivity contribution is -0.342. The Bertz CT molecular complexity index is 1760. The summed E-state index contributed by atoms with van der Waals surface area (Å²) in [7, 11) is 0. The number of rotatable bonds is 10. The Hall–Kier alpha value is -1.02. The zero-order valence-corrected chi connectivity index (χ0v) is 39.1. The summed E-state index contributed by atoms with van der Waals surface area (Å²) < 4.78 is 34.5. The van der Waals surface area contributed by atoms with Crippen LogP contribution >= 0.6 is 0 Å². The molecule has 0 aromatic carbocycles. The van der Waals surface area contributed by atoms with Crippen molar-refractivity contribution in [2.75, 3.05) is 33.0 Å². The molecule has 3 heterocycles. The predicted molar refractivity (Wildman–Crippen MR) is 228 cm³/mol. The number of hydrogen-bond donors (Lipinski definition) is 13. The Kier molecular flexibility index (Phi) is 14.2. The highest BCUT2D eigenvalue weighted by atomic mass is 16.7. The van der Waals surface area contributed by atoms with Crippen LogP contribution in [0.1, 0.15) is 92.9 Å².